The van der Waals surface area contributed by atoms with Gasteiger partial charge in [-0.1, -0.05) is 6.42 Å². The fraction of sp³-hybridized carbons (Fsp3) is 1.00. The lowest BCUT2D eigenvalue weighted by Gasteiger charge is -2.35. The molecule has 1 aliphatic carbocycles. The molecule has 0 aromatic heterocycles. The molecule has 4 saturated heterocycles. The van der Waals surface area contributed by atoms with Gasteiger partial charge in [-0.15, -0.1) is 11.8 Å². The molecule has 4 aliphatic heterocycles. The molecule has 4 heterocycles. The number of hydrazine groups is 2. The zero-order valence-electron chi connectivity index (χ0n) is 13.4. The average molecular weight is 341 g/mol. The van der Waals surface area contributed by atoms with Crippen LogP contribution in [0.2, 0.25) is 0 Å². The maximum atomic E-state index is 5.75. The van der Waals surface area contributed by atoms with Crippen LogP contribution in [0.15, 0.2) is 0 Å². The second-order valence-electron chi connectivity index (χ2n) is 7.34. The molecule has 4 N–H and O–H groups in total. The van der Waals surface area contributed by atoms with Crippen LogP contribution in [0.1, 0.15) is 38.5 Å². The Hall–Kier alpha value is 0.0700. The van der Waals surface area contributed by atoms with Crippen LogP contribution in [-0.4, -0.2) is 53.6 Å². The predicted molar refractivity (Wildman–Crippen MR) is 87.8 cm³/mol. The van der Waals surface area contributed by atoms with Gasteiger partial charge in [0.1, 0.15) is 18.5 Å². The van der Waals surface area contributed by atoms with Crippen molar-refractivity contribution >= 4 is 11.8 Å². The largest absolute Gasteiger partial charge is 0.349 e. The highest BCUT2D eigenvalue weighted by atomic mass is 32.2. The number of ether oxygens (including phenoxy) is 2. The van der Waals surface area contributed by atoms with Gasteiger partial charge in [0.05, 0.1) is 17.6 Å². The van der Waals surface area contributed by atoms with E-state index in [1.807, 2.05) is 11.8 Å². The molecule has 0 amide bonds. The van der Waals surface area contributed by atoms with E-state index in [2.05, 4.69) is 26.6 Å². The summed E-state index contributed by atoms with van der Waals surface area (Å²) < 4.78 is 11.4. The van der Waals surface area contributed by atoms with Crippen LogP contribution in [0.3, 0.4) is 0 Å². The Morgan fingerprint density at radius 2 is 1.96 bits per heavy atom. The summed E-state index contributed by atoms with van der Waals surface area (Å²) in [6, 6.07) is 0.524. The molecule has 8 heteroatoms. The third kappa shape index (κ3) is 2.83. The van der Waals surface area contributed by atoms with E-state index in [1.54, 1.807) is 0 Å². The van der Waals surface area contributed by atoms with Crippen molar-refractivity contribution in [1.29, 1.82) is 0 Å². The lowest BCUT2D eigenvalue weighted by Crippen LogP contribution is -2.58. The summed E-state index contributed by atoms with van der Waals surface area (Å²) in [7, 11) is 0. The number of hydrogen-bond donors (Lipinski definition) is 4. The van der Waals surface area contributed by atoms with Crippen LogP contribution in [0.25, 0.3) is 0 Å². The minimum atomic E-state index is 0.313. The molecular formula is C15H27N5O2S. The summed E-state index contributed by atoms with van der Waals surface area (Å²) in [6.45, 7) is 1.63. The van der Waals surface area contributed by atoms with Crippen molar-refractivity contribution in [3.63, 3.8) is 0 Å². The first-order valence-corrected chi connectivity index (χ1v) is 10.0. The van der Waals surface area contributed by atoms with Gasteiger partial charge in [0.25, 0.3) is 0 Å². The standard InChI is InChI=1S/C15H27N5O2S/c1-2-6-16-10(3-1)13-17-18-15-20(13)19-14(23-15)9-4-5-11-12(7-9)22-8-21-11/h9-19H,1-8H2. The van der Waals surface area contributed by atoms with Gasteiger partial charge in [0, 0.05) is 6.04 Å². The fourth-order valence-corrected chi connectivity index (χ4v) is 6.04. The summed E-state index contributed by atoms with van der Waals surface area (Å²) in [5.74, 6) is 0.662. The first-order chi connectivity index (χ1) is 11.4. The molecule has 130 valence electrons. The van der Waals surface area contributed by atoms with E-state index >= 15 is 0 Å². The molecule has 7 atom stereocenters. The van der Waals surface area contributed by atoms with Crippen LogP contribution in [-0.2, 0) is 9.47 Å². The van der Waals surface area contributed by atoms with Gasteiger partial charge in [-0.05, 0) is 44.6 Å². The second-order valence-corrected chi connectivity index (χ2v) is 8.56. The van der Waals surface area contributed by atoms with Crippen molar-refractivity contribution in [1.82, 2.24) is 26.6 Å². The molecule has 1 saturated carbocycles. The van der Waals surface area contributed by atoms with E-state index in [4.69, 9.17) is 9.47 Å². The second kappa shape index (κ2) is 6.42. The van der Waals surface area contributed by atoms with E-state index < -0.39 is 0 Å². The van der Waals surface area contributed by atoms with Gasteiger partial charge in [-0.3, -0.25) is 0 Å². The molecule has 5 fully saturated rings. The van der Waals surface area contributed by atoms with Crippen LogP contribution < -0.4 is 21.6 Å². The lowest BCUT2D eigenvalue weighted by molar-refractivity contribution is 0.0378. The fourth-order valence-electron chi connectivity index (χ4n) is 4.65. The van der Waals surface area contributed by atoms with Crippen LogP contribution >= 0.6 is 11.8 Å². The maximum absolute atomic E-state index is 5.75. The summed E-state index contributed by atoms with van der Waals surface area (Å²) >= 11 is 2.01. The van der Waals surface area contributed by atoms with Crippen molar-refractivity contribution in [2.24, 2.45) is 5.92 Å². The molecule has 7 nitrogen and oxygen atoms in total. The monoisotopic (exact) mass is 341 g/mol. The highest BCUT2D eigenvalue weighted by Gasteiger charge is 2.48. The number of nitrogens with zero attached hydrogens (tertiary/aromatic N) is 1. The van der Waals surface area contributed by atoms with Crippen molar-refractivity contribution in [3.05, 3.63) is 0 Å². The Bertz CT molecular complexity index is 438. The van der Waals surface area contributed by atoms with Gasteiger partial charge in [-0.25, -0.2) is 16.3 Å². The summed E-state index contributed by atoms with van der Waals surface area (Å²) in [5, 5.41) is 6.55. The molecule has 0 bridgehead atoms. The van der Waals surface area contributed by atoms with Gasteiger partial charge in [0.15, 0.2) is 0 Å². The summed E-state index contributed by atoms with van der Waals surface area (Å²) in [5.41, 5.74) is 11.0. The molecule has 5 aliphatic rings. The Balaban J connectivity index is 1.22. The first kappa shape index (κ1) is 15.3. The predicted octanol–water partition coefficient (Wildman–Crippen LogP) is 0.267. The topological polar surface area (TPSA) is 69.8 Å². The molecule has 0 aromatic rings. The van der Waals surface area contributed by atoms with E-state index in [1.165, 1.54) is 25.7 Å². The van der Waals surface area contributed by atoms with E-state index in [9.17, 15) is 0 Å². The molecule has 0 aromatic carbocycles. The minimum absolute atomic E-state index is 0.313. The first-order valence-electron chi connectivity index (χ1n) is 9.06. The molecule has 0 spiro atoms. The Morgan fingerprint density at radius 1 is 1.00 bits per heavy atom. The van der Waals surface area contributed by atoms with Crippen molar-refractivity contribution < 1.29 is 9.47 Å². The van der Waals surface area contributed by atoms with E-state index in [0.29, 0.717) is 48.0 Å². The molecule has 0 radical (unpaired) electrons. The Kier molecular flexibility index (Phi) is 4.28. The SMILES string of the molecule is C1CCC(C2NNC3SC(C4CCC5OCOC5C4)NN32)NC1. The number of thioether (sulfide) groups is 1. The van der Waals surface area contributed by atoms with Gasteiger partial charge in [-0.2, -0.15) is 5.01 Å². The van der Waals surface area contributed by atoms with Crippen LogP contribution in [0, 0.1) is 5.92 Å². The van der Waals surface area contributed by atoms with Crippen LogP contribution in [0.5, 0.6) is 0 Å². The maximum Gasteiger partial charge on any atom is 0.147 e. The zero-order valence-corrected chi connectivity index (χ0v) is 14.2. The third-order valence-electron chi connectivity index (χ3n) is 5.95. The number of fused-ring (bicyclic) bond motifs is 2. The molecule has 7 unspecified atom stereocenters. The van der Waals surface area contributed by atoms with Crippen LogP contribution in [0.4, 0.5) is 0 Å². The Labute approximate surface area is 141 Å². The smallest absolute Gasteiger partial charge is 0.147 e. The minimum Gasteiger partial charge on any atom is -0.349 e. The van der Waals surface area contributed by atoms with Crippen molar-refractivity contribution in [2.75, 3.05) is 13.3 Å². The summed E-state index contributed by atoms with van der Waals surface area (Å²) in [6.07, 6.45) is 8.36. The third-order valence-corrected chi connectivity index (χ3v) is 7.34. The van der Waals surface area contributed by atoms with Gasteiger partial charge < -0.3 is 14.8 Å². The molecular weight excluding hydrogens is 314 g/mol. The average Bonchev–Trinajstić information content (AvgIpc) is 3.29. The molecule has 23 heavy (non-hydrogen) atoms. The van der Waals surface area contributed by atoms with Crippen molar-refractivity contribution in [3.8, 4) is 0 Å². The Morgan fingerprint density at radius 3 is 2.87 bits per heavy atom. The highest BCUT2D eigenvalue weighted by Crippen LogP contribution is 2.41. The number of nitrogens with one attached hydrogen (secondary N) is 4. The quantitative estimate of drug-likeness (QED) is 0.571. The number of piperidine rings is 1. The summed E-state index contributed by atoms with van der Waals surface area (Å²) in [4.78, 5) is 0. The van der Waals surface area contributed by atoms with Crippen molar-refractivity contribution in [2.45, 2.75) is 73.8 Å². The van der Waals surface area contributed by atoms with Gasteiger partial charge in [0.2, 0.25) is 0 Å². The van der Waals surface area contributed by atoms with E-state index in [0.717, 1.165) is 19.4 Å². The number of rotatable bonds is 2. The normalized spacial score (nSPS) is 50.9. The van der Waals surface area contributed by atoms with Gasteiger partial charge >= 0.3 is 0 Å². The molecule has 5 rings (SSSR count). The zero-order chi connectivity index (χ0) is 15.2. The van der Waals surface area contributed by atoms with E-state index in [-0.39, 0.29) is 0 Å². The number of hydrogen-bond acceptors (Lipinski definition) is 8. The lowest BCUT2D eigenvalue weighted by atomic mass is 9.85. The highest BCUT2D eigenvalue weighted by molar-refractivity contribution is 8.00.